The van der Waals surface area contributed by atoms with E-state index in [9.17, 15) is 18.0 Å². The Labute approximate surface area is 228 Å². The minimum atomic E-state index is -4.28. The highest BCUT2D eigenvalue weighted by molar-refractivity contribution is 5.91. The number of nitrogens with zero attached hydrogens (tertiary/aromatic N) is 4. The number of carbonyl (C=O) groups is 1. The molecule has 0 bridgehead atoms. The van der Waals surface area contributed by atoms with E-state index in [2.05, 4.69) is 14.6 Å². The van der Waals surface area contributed by atoms with Gasteiger partial charge in [0.15, 0.2) is 5.65 Å². The van der Waals surface area contributed by atoms with Gasteiger partial charge in [0, 0.05) is 50.8 Å². The van der Waals surface area contributed by atoms with Crippen LogP contribution in [0.5, 0.6) is 0 Å². The van der Waals surface area contributed by atoms with Crippen molar-refractivity contribution in [3.05, 3.63) is 47.2 Å². The van der Waals surface area contributed by atoms with Gasteiger partial charge in [0.2, 0.25) is 0 Å². The molecule has 40 heavy (non-hydrogen) atoms. The van der Waals surface area contributed by atoms with Crippen LogP contribution >= 0.6 is 0 Å². The summed E-state index contributed by atoms with van der Waals surface area (Å²) in [5, 5.41) is 2.60. The number of hydrogen-bond acceptors (Lipinski definition) is 5. The first-order valence-electron chi connectivity index (χ1n) is 13.5. The molecular formula is C28H31F4N5O3. The highest BCUT2D eigenvalue weighted by atomic mass is 19.4. The van der Waals surface area contributed by atoms with Crippen LogP contribution in [0.1, 0.15) is 29.8 Å². The summed E-state index contributed by atoms with van der Waals surface area (Å²) in [5.41, 5.74) is 5.99. The summed E-state index contributed by atoms with van der Waals surface area (Å²) in [7, 11) is 0. The van der Waals surface area contributed by atoms with Gasteiger partial charge in [0.05, 0.1) is 49.2 Å². The summed E-state index contributed by atoms with van der Waals surface area (Å²) in [6.07, 6.45) is -2.24. The lowest BCUT2D eigenvalue weighted by Gasteiger charge is -2.29. The minimum Gasteiger partial charge on any atom is -0.378 e. The number of amides is 2. The molecule has 0 saturated carbocycles. The number of likely N-dealkylation sites (tertiary alicyclic amines) is 1. The van der Waals surface area contributed by atoms with Crippen molar-refractivity contribution in [3.8, 4) is 11.1 Å². The predicted octanol–water partition coefficient (Wildman–Crippen LogP) is 5.16. The molecule has 1 N–H and O–H groups in total. The van der Waals surface area contributed by atoms with Gasteiger partial charge in [-0.25, -0.2) is 14.2 Å². The third kappa shape index (κ3) is 5.34. The second-order valence-electron chi connectivity index (χ2n) is 10.7. The molecule has 1 aromatic carbocycles. The molecule has 0 spiro atoms. The standard InChI is InChI=1S/C28H31F4N5O3/c1-17-10-21(29)22(34-27(38)36-4-2-18(14-36)13-28(30,31)32)12-20(17)19-11-25(35-5-8-39-9-6-35)26-33-23-16-40-7-3-24(23)37(26)15-19/h10-12,15,18H,2-9,13-14,16H2,1H3,(H,34,38)/t18-/m0/s1. The zero-order valence-corrected chi connectivity index (χ0v) is 22.2. The summed E-state index contributed by atoms with van der Waals surface area (Å²) in [4.78, 5) is 21.3. The lowest BCUT2D eigenvalue weighted by molar-refractivity contribution is -0.143. The third-order valence-corrected chi connectivity index (χ3v) is 7.92. The van der Waals surface area contributed by atoms with Crippen LogP contribution in [-0.4, -0.2) is 72.5 Å². The topological polar surface area (TPSA) is 71.3 Å². The summed E-state index contributed by atoms with van der Waals surface area (Å²) in [6, 6.07) is 4.40. The van der Waals surface area contributed by atoms with Gasteiger partial charge in [-0.3, -0.25) is 0 Å². The van der Waals surface area contributed by atoms with Gasteiger partial charge in [0.1, 0.15) is 5.82 Å². The van der Waals surface area contributed by atoms with E-state index in [0.717, 1.165) is 40.3 Å². The maximum atomic E-state index is 15.1. The van der Waals surface area contributed by atoms with E-state index in [1.54, 1.807) is 6.07 Å². The van der Waals surface area contributed by atoms with Gasteiger partial charge >= 0.3 is 12.2 Å². The first-order valence-corrected chi connectivity index (χ1v) is 13.5. The highest BCUT2D eigenvalue weighted by Crippen LogP contribution is 2.36. The number of nitrogens with one attached hydrogen (secondary N) is 1. The second-order valence-corrected chi connectivity index (χ2v) is 10.7. The van der Waals surface area contributed by atoms with Gasteiger partial charge in [-0.1, -0.05) is 0 Å². The van der Waals surface area contributed by atoms with E-state index in [0.29, 0.717) is 45.1 Å². The van der Waals surface area contributed by atoms with Crippen molar-refractivity contribution in [2.24, 2.45) is 5.92 Å². The fourth-order valence-electron chi connectivity index (χ4n) is 5.91. The molecule has 2 saturated heterocycles. The first-order chi connectivity index (χ1) is 19.2. The number of carbonyl (C=O) groups excluding carboxylic acids is 1. The number of pyridine rings is 1. The number of ether oxygens (including phenoxy) is 2. The molecule has 2 amide bonds. The number of alkyl halides is 3. The van der Waals surface area contributed by atoms with Crippen molar-refractivity contribution < 1.29 is 31.8 Å². The maximum absolute atomic E-state index is 15.1. The molecule has 3 aliphatic heterocycles. The summed E-state index contributed by atoms with van der Waals surface area (Å²) in [5.74, 6) is -1.26. The Hall–Kier alpha value is -3.38. The Morgan fingerprint density at radius 2 is 1.93 bits per heavy atom. The number of imidazole rings is 1. The van der Waals surface area contributed by atoms with E-state index in [1.807, 2.05) is 19.2 Å². The van der Waals surface area contributed by atoms with Gasteiger partial charge in [-0.05, 0) is 48.6 Å². The number of hydrogen-bond donors (Lipinski definition) is 1. The third-order valence-electron chi connectivity index (χ3n) is 7.92. The van der Waals surface area contributed by atoms with Gasteiger partial charge in [-0.15, -0.1) is 0 Å². The maximum Gasteiger partial charge on any atom is 0.389 e. The van der Waals surface area contributed by atoms with Gasteiger partial charge in [-0.2, -0.15) is 13.2 Å². The van der Waals surface area contributed by atoms with E-state index in [1.165, 1.54) is 11.0 Å². The molecule has 214 valence electrons. The van der Waals surface area contributed by atoms with Crippen LogP contribution in [0.3, 0.4) is 0 Å². The van der Waals surface area contributed by atoms with Crippen LogP contribution in [-0.2, 0) is 22.5 Å². The lowest BCUT2D eigenvalue weighted by atomic mass is 10.00. The summed E-state index contributed by atoms with van der Waals surface area (Å²) >= 11 is 0. The molecular weight excluding hydrogens is 530 g/mol. The zero-order valence-electron chi connectivity index (χ0n) is 22.2. The van der Waals surface area contributed by atoms with E-state index < -0.39 is 30.4 Å². The number of rotatable bonds is 4. The molecule has 0 unspecified atom stereocenters. The number of urea groups is 1. The van der Waals surface area contributed by atoms with Crippen molar-refractivity contribution in [1.82, 2.24) is 14.3 Å². The normalized spacial score (nSPS) is 19.8. The number of benzene rings is 1. The molecule has 0 aliphatic carbocycles. The van der Waals surface area contributed by atoms with Crippen LogP contribution in [0, 0.1) is 18.7 Å². The fraction of sp³-hybridized carbons (Fsp3) is 0.500. The number of aromatic nitrogens is 2. The first kappa shape index (κ1) is 26.8. The number of aryl methyl sites for hydroxylation is 1. The molecule has 5 heterocycles. The van der Waals surface area contributed by atoms with Crippen LogP contribution in [0.4, 0.5) is 33.7 Å². The van der Waals surface area contributed by atoms with Crippen LogP contribution in [0.25, 0.3) is 16.8 Å². The smallest absolute Gasteiger partial charge is 0.378 e. The van der Waals surface area contributed by atoms with E-state index >= 15 is 4.39 Å². The molecule has 3 aliphatic rings. The molecule has 3 aromatic rings. The summed E-state index contributed by atoms with van der Waals surface area (Å²) < 4.78 is 66.8. The number of morpholine rings is 1. The number of fused-ring (bicyclic) bond motifs is 3. The summed E-state index contributed by atoms with van der Waals surface area (Å²) in [6.45, 7) is 5.66. The SMILES string of the molecule is Cc1cc(F)c(NC(=O)N2CC[C@@H](CC(F)(F)F)C2)cc1-c1cc(N2CCOCC2)c2nc3c(n2c1)CCOC3. The van der Waals surface area contributed by atoms with Crippen LogP contribution < -0.4 is 10.2 Å². The molecule has 0 radical (unpaired) electrons. The van der Waals surface area contributed by atoms with Crippen molar-refractivity contribution >= 4 is 23.1 Å². The molecule has 2 fully saturated rings. The number of anilines is 2. The fourth-order valence-corrected chi connectivity index (χ4v) is 5.91. The Balaban J connectivity index is 1.33. The monoisotopic (exact) mass is 561 g/mol. The van der Waals surface area contributed by atoms with Crippen LogP contribution in [0.2, 0.25) is 0 Å². The van der Waals surface area contributed by atoms with Crippen molar-refractivity contribution in [2.45, 2.75) is 39.0 Å². The van der Waals surface area contributed by atoms with Crippen molar-refractivity contribution in [2.75, 3.05) is 56.2 Å². The molecule has 2 aromatic heterocycles. The zero-order chi connectivity index (χ0) is 28.0. The number of halogens is 4. The minimum absolute atomic E-state index is 0.0132. The largest absolute Gasteiger partial charge is 0.389 e. The molecule has 6 rings (SSSR count). The Bertz CT molecular complexity index is 1430. The Morgan fingerprint density at radius 3 is 2.70 bits per heavy atom. The van der Waals surface area contributed by atoms with E-state index in [4.69, 9.17) is 14.5 Å². The van der Waals surface area contributed by atoms with Crippen LogP contribution in [0.15, 0.2) is 24.4 Å². The Morgan fingerprint density at radius 1 is 1.12 bits per heavy atom. The second kappa shape index (κ2) is 10.5. The average molecular weight is 562 g/mol. The predicted molar refractivity (Wildman–Crippen MR) is 141 cm³/mol. The molecule has 12 heteroatoms. The Kier molecular flexibility index (Phi) is 7.07. The van der Waals surface area contributed by atoms with Gasteiger partial charge in [0.25, 0.3) is 0 Å². The molecule has 8 nitrogen and oxygen atoms in total. The van der Waals surface area contributed by atoms with Crippen molar-refractivity contribution in [1.29, 1.82) is 0 Å². The van der Waals surface area contributed by atoms with Crippen molar-refractivity contribution in [3.63, 3.8) is 0 Å². The van der Waals surface area contributed by atoms with E-state index in [-0.39, 0.29) is 25.2 Å². The van der Waals surface area contributed by atoms with Gasteiger partial charge < -0.3 is 29.0 Å². The molecule has 1 atom stereocenters. The quantitative estimate of drug-likeness (QED) is 0.446. The lowest BCUT2D eigenvalue weighted by Crippen LogP contribution is -2.36. The highest BCUT2D eigenvalue weighted by Gasteiger charge is 2.36. The average Bonchev–Trinajstić information content (AvgIpc) is 3.54.